The monoisotopic (exact) mass is 403 g/mol. The molecule has 2 unspecified atom stereocenters. The first kappa shape index (κ1) is 19.6. The van der Waals surface area contributed by atoms with Gasteiger partial charge in [-0.3, -0.25) is 9.08 Å². The minimum Gasteiger partial charge on any atom is -0.299 e. The zero-order valence-electron chi connectivity index (χ0n) is 16.1. The van der Waals surface area contributed by atoms with Crippen molar-refractivity contribution >= 4 is 10.1 Å². The van der Waals surface area contributed by atoms with Gasteiger partial charge in [0.2, 0.25) is 0 Å². The molecule has 1 saturated heterocycles. The summed E-state index contributed by atoms with van der Waals surface area (Å²) in [6.45, 7) is 2.27. The van der Waals surface area contributed by atoms with Crippen molar-refractivity contribution in [3.63, 3.8) is 0 Å². The largest absolute Gasteiger partial charge is 0.299 e. The Hall–Kier alpha value is -1.76. The van der Waals surface area contributed by atoms with E-state index in [1.54, 1.807) is 6.07 Å². The molecule has 0 saturated carbocycles. The van der Waals surface area contributed by atoms with Crippen LogP contribution in [0.2, 0.25) is 0 Å². The number of nitrogens with zero attached hydrogens (tertiary/aromatic N) is 1. The van der Waals surface area contributed by atoms with Gasteiger partial charge < -0.3 is 0 Å². The molecule has 0 radical (unpaired) electrons. The summed E-state index contributed by atoms with van der Waals surface area (Å²) < 4.78 is 43.8. The maximum Gasteiger partial charge on any atom is 0.265 e. The van der Waals surface area contributed by atoms with Gasteiger partial charge in [0.15, 0.2) is 0 Å². The van der Waals surface area contributed by atoms with E-state index in [1.165, 1.54) is 17.7 Å². The number of aryl methyl sites for hydroxylation is 1. The molecule has 2 aliphatic rings. The molecular formula is C22H26FNO3S. The van der Waals surface area contributed by atoms with Crippen LogP contribution in [0.3, 0.4) is 0 Å². The summed E-state index contributed by atoms with van der Waals surface area (Å²) in [6.07, 6.45) is 4.28. The van der Waals surface area contributed by atoms with Gasteiger partial charge in [-0.25, -0.2) is 4.39 Å². The van der Waals surface area contributed by atoms with E-state index in [4.69, 9.17) is 4.18 Å². The van der Waals surface area contributed by atoms with Gasteiger partial charge in [-0.1, -0.05) is 36.4 Å². The summed E-state index contributed by atoms with van der Waals surface area (Å²) in [6, 6.07) is 15.1. The molecule has 0 N–H and O–H groups in total. The number of rotatable bonds is 5. The van der Waals surface area contributed by atoms with Crippen molar-refractivity contribution < 1.29 is 17.0 Å². The fourth-order valence-electron chi connectivity index (χ4n) is 4.81. The van der Waals surface area contributed by atoms with E-state index in [0.717, 1.165) is 49.7 Å². The van der Waals surface area contributed by atoms with Crippen molar-refractivity contribution in [3.05, 3.63) is 71.0 Å². The zero-order chi connectivity index (χ0) is 19.8. The van der Waals surface area contributed by atoms with Crippen LogP contribution in [0.1, 0.15) is 41.9 Å². The van der Waals surface area contributed by atoms with Crippen molar-refractivity contribution in [3.8, 4) is 0 Å². The summed E-state index contributed by atoms with van der Waals surface area (Å²) in [7, 11) is -3.66. The lowest BCUT2D eigenvalue weighted by atomic mass is 9.78. The normalized spacial score (nSPS) is 25.6. The minimum atomic E-state index is -3.66. The van der Waals surface area contributed by atoms with Gasteiger partial charge in [0.25, 0.3) is 10.1 Å². The average Bonchev–Trinajstić information content (AvgIpc) is 3.09. The van der Waals surface area contributed by atoms with Crippen LogP contribution in [-0.4, -0.2) is 39.2 Å². The predicted octanol–water partition coefficient (Wildman–Crippen LogP) is 3.82. The Morgan fingerprint density at radius 2 is 2.00 bits per heavy atom. The SMILES string of the molecule is CS(=O)(=O)OC1(CN2CCC(c3ccccc3)C2)CCCc2cc(F)ccc21. The third kappa shape index (κ3) is 4.14. The predicted molar refractivity (Wildman–Crippen MR) is 107 cm³/mol. The van der Waals surface area contributed by atoms with Crippen LogP contribution in [-0.2, 0) is 26.3 Å². The highest BCUT2D eigenvalue weighted by Gasteiger charge is 2.43. The van der Waals surface area contributed by atoms with Crippen molar-refractivity contribution in [2.75, 3.05) is 25.9 Å². The molecule has 1 heterocycles. The Kier molecular flexibility index (Phi) is 5.29. The average molecular weight is 404 g/mol. The van der Waals surface area contributed by atoms with Crippen LogP contribution in [0.25, 0.3) is 0 Å². The number of hydrogen-bond acceptors (Lipinski definition) is 4. The Balaban J connectivity index is 1.62. The number of likely N-dealkylation sites (tertiary alicyclic amines) is 1. The van der Waals surface area contributed by atoms with E-state index >= 15 is 0 Å². The van der Waals surface area contributed by atoms with Gasteiger partial charge in [-0.2, -0.15) is 8.42 Å². The third-order valence-electron chi connectivity index (χ3n) is 5.92. The lowest BCUT2D eigenvalue weighted by Crippen LogP contribution is -2.45. The molecule has 0 spiro atoms. The zero-order valence-corrected chi connectivity index (χ0v) is 16.9. The van der Waals surface area contributed by atoms with Crippen LogP contribution in [0, 0.1) is 5.82 Å². The van der Waals surface area contributed by atoms with Crippen molar-refractivity contribution in [1.82, 2.24) is 4.90 Å². The summed E-state index contributed by atoms with van der Waals surface area (Å²) >= 11 is 0. The highest BCUT2D eigenvalue weighted by atomic mass is 32.2. The topological polar surface area (TPSA) is 46.6 Å². The second kappa shape index (κ2) is 7.58. The molecule has 2 aromatic carbocycles. The van der Waals surface area contributed by atoms with Crippen LogP contribution in [0.4, 0.5) is 4.39 Å². The Morgan fingerprint density at radius 3 is 2.75 bits per heavy atom. The van der Waals surface area contributed by atoms with Gasteiger partial charge in [0.1, 0.15) is 11.4 Å². The van der Waals surface area contributed by atoms with Crippen molar-refractivity contribution in [1.29, 1.82) is 0 Å². The van der Waals surface area contributed by atoms with Gasteiger partial charge in [-0.15, -0.1) is 0 Å². The first-order valence-corrected chi connectivity index (χ1v) is 11.6. The molecule has 0 aromatic heterocycles. The molecule has 0 bridgehead atoms. The lowest BCUT2D eigenvalue weighted by Gasteiger charge is -2.40. The van der Waals surface area contributed by atoms with Crippen LogP contribution in [0.15, 0.2) is 48.5 Å². The van der Waals surface area contributed by atoms with E-state index in [1.807, 2.05) is 6.07 Å². The second-order valence-corrected chi connectivity index (χ2v) is 9.64. The summed E-state index contributed by atoms with van der Waals surface area (Å²) in [4.78, 5) is 2.29. The Labute approximate surface area is 166 Å². The smallest absolute Gasteiger partial charge is 0.265 e. The summed E-state index contributed by atoms with van der Waals surface area (Å²) in [5.41, 5.74) is 2.04. The van der Waals surface area contributed by atoms with E-state index in [2.05, 4.69) is 29.2 Å². The molecule has 150 valence electrons. The van der Waals surface area contributed by atoms with Crippen LogP contribution < -0.4 is 0 Å². The van der Waals surface area contributed by atoms with Gasteiger partial charge >= 0.3 is 0 Å². The maximum absolute atomic E-state index is 13.8. The molecule has 2 atom stereocenters. The number of hydrogen-bond donors (Lipinski definition) is 0. The number of halogens is 1. The highest BCUT2D eigenvalue weighted by molar-refractivity contribution is 7.86. The molecule has 28 heavy (non-hydrogen) atoms. The molecule has 1 aliphatic heterocycles. The molecule has 0 amide bonds. The van der Waals surface area contributed by atoms with E-state index in [-0.39, 0.29) is 5.82 Å². The molecule has 2 aromatic rings. The molecule has 1 aliphatic carbocycles. The highest BCUT2D eigenvalue weighted by Crippen LogP contribution is 2.42. The molecule has 4 rings (SSSR count). The summed E-state index contributed by atoms with van der Waals surface area (Å²) in [5, 5.41) is 0. The third-order valence-corrected chi connectivity index (χ3v) is 6.54. The molecule has 6 heteroatoms. The van der Waals surface area contributed by atoms with Gasteiger partial charge in [0.05, 0.1) is 6.26 Å². The molecular weight excluding hydrogens is 377 g/mol. The van der Waals surface area contributed by atoms with Crippen LogP contribution >= 0.6 is 0 Å². The number of fused-ring (bicyclic) bond motifs is 1. The lowest BCUT2D eigenvalue weighted by molar-refractivity contribution is 0.0215. The number of benzene rings is 2. The van der Waals surface area contributed by atoms with E-state index in [9.17, 15) is 12.8 Å². The van der Waals surface area contributed by atoms with Gasteiger partial charge in [-0.05, 0) is 67.0 Å². The standard InChI is InChI=1S/C22H26FNO3S/c1-28(25,26)27-22(12-5-8-18-14-20(23)9-10-21(18)22)16-24-13-11-19(15-24)17-6-3-2-4-7-17/h2-4,6-7,9-10,14,19H,5,8,11-13,15-16H2,1H3. The van der Waals surface area contributed by atoms with Crippen LogP contribution in [0.5, 0.6) is 0 Å². The van der Waals surface area contributed by atoms with Crippen molar-refractivity contribution in [2.45, 2.75) is 37.2 Å². The Morgan fingerprint density at radius 1 is 1.21 bits per heavy atom. The van der Waals surface area contributed by atoms with E-state index < -0.39 is 15.7 Å². The second-order valence-electron chi connectivity index (χ2n) is 8.07. The first-order valence-electron chi connectivity index (χ1n) is 9.81. The minimum absolute atomic E-state index is 0.292. The van der Waals surface area contributed by atoms with E-state index in [0.29, 0.717) is 18.9 Å². The quantitative estimate of drug-likeness (QED) is 0.712. The summed E-state index contributed by atoms with van der Waals surface area (Å²) in [5.74, 6) is 0.145. The van der Waals surface area contributed by atoms with Crippen molar-refractivity contribution in [2.24, 2.45) is 0 Å². The Bertz CT molecular complexity index is 948. The fourth-order valence-corrected chi connectivity index (χ4v) is 5.62. The molecule has 4 nitrogen and oxygen atoms in total. The first-order chi connectivity index (χ1) is 13.3. The molecule has 1 fully saturated rings. The van der Waals surface area contributed by atoms with Gasteiger partial charge in [0, 0.05) is 13.1 Å². The fraction of sp³-hybridized carbons (Fsp3) is 0.455. The maximum atomic E-state index is 13.8.